The summed E-state index contributed by atoms with van der Waals surface area (Å²) >= 11 is 6.32. The van der Waals surface area contributed by atoms with Gasteiger partial charge >= 0.3 is 5.97 Å². The molecular formula is C18H26ClNO5. The molecule has 1 aromatic rings. The standard InChI is InChI=1S/C18H26ClNO5/c1-3-5-10-25-18-14(19)11-13(12-15(18)24-4-2)8-9-20-16(21)6-7-17(22)23/h11-12H,3-10H2,1-2H3,(H,20,21)(H,22,23). The van der Waals surface area contributed by atoms with Gasteiger partial charge in [0.25, 0.3) is 0 Å². The molecule has 0 fully saturated rings. The number of nitrogens with one attached hydrogen (secondary N) is 1. The third-order valence-electron chi connectivity index (χ3n) is 3.42. The Morgan fingerprint density at radius 1 is 1.20 bits per heavy atom. The molecule has 0 saturated heterocycles. The Hall–Kier alpha value is -1.95. The molecule has 0 spiro atoms. The Bertz CT molecular complexity index is 577. The maximum atomic E-state index is 11.5. The van der Waals surface area contributed by atoms with Crippen LogP contribution in [0.3, 0.4) is 0 Å². The molecule has 0 atom stereocenters. The first-order valence-corrected chi connectivity index (χ1v) is 8.92. The minimum Gasteiger partial charge on any atom is -0.490 e. The first-order valence-electron chi connectivity index (χ1n) is 8.54. The van der Waals surface area contributed by atoms with Crippen LogP contribution in [0.5, 0.6) is 11.5 Å². The number of halogens is 1. The van der Waals surface area contributed by atoms with Gasteiger partial charge in [0.05, 0.1) is 24.7 Å². The predicted octanol–water partition coefficient (Wildman–Crippen LogP) is 3.44. The third-order valence-corrected chi connectivity index (χ3v) is 3.70. The summed E-state index contributed by atoms with van der Waals surface area (Å²) in [7, 11) is 0. The lowest BCUT2D eigenvalue weighted by Crippen LogP contribution is -2.26. The van der Waals surface area contributed by atoms with Crippen LogP contribution in [0.4, 0.5) is 0 Å². The van der Waals surface area contributed by atoms with Crippen molar-refractivity contribution in [2.75, 3.05) is 19.8 Å². The Kier molecular flexibility index (Phi) is 9.77. The molecule has 25 heavy (non-hydrogen) atoms. The number of aliphatic carboxylic acids is 1. The molecule has 2 N–H and O–H groups in total. The van der Waals surface area contributed by atoms with Gasteiger partial charge in [0, 0.05) is 13.0 Å². The van der Waals surface area contributed by atoms with E-state index in [1.165, 1.54) is 0 Å². The van der Waals surface area contributed by atoms with Gasteiger partial charge in [0.2, 0.25) is 5.91 Å². The highest BCUT2D eigenvalue weighted by Gasteiger charge is 2.13. The third kappa shape index (κ3) is 8.12. The summed E-state index contributed by atoms with van der Waals surface area (Å²) < 4.78 is 11.4. The number of carbonyl (C=O) groups is 2. The zero-order valence-corrected chi connectivity index (χ0v) is 15.5. The molecule has 6 nitrogen and oxygen atoms in total. The van der Waals surface area contributed by atoms with Crippen molar-refractivity contribution in [3.63, 3.8) is 0 Å². The number of rotatable bonds is 12. The maximum Gasteiger partial charge on any atom is 0.303 e. The molecule has 140 valence electrons. The fourth-order valence-electron chi connectivity index (χ4n) is 2.14. The van der Waals surface area contributed by atoms with E-state index in [0.717, 1.165) is 18.4 Å². The number of hydrogen-bond acceptors (Lipinski definition) is 4. The monoisotopic (exact) mass is 371 g/mol. The van der Waals surface area contributed by atoms with Crippen LogP contribution < -0.4 is 14.8 Å². The molecule has 0 aliphatic rings. The zero-order valence-electron chi connectivity index (χ0n) is 14.8. The highest BCUT2D eigenvalue weighted by atomic mass is 35.5. The number of carboxylic acids is 1. The van der Waals surface area contributed by atoms with E-state index in [4.69, 9.17) is 26.2 Å². The molecule has 0 aromatic heterocycles. The molecule has 7 heteroatoms. The van der Waals surface area contributed by atoms with Crippen molar-refractivity contribution in [3.8, 4) is 11.5 Å². The van der Waals surface area contributed by atoms with Crippen LogP contribution in [0.25, 0.3) is 0 Å². The number of carbonyl (C=O) groups excluding carboxylic acids is 1. The topological polar surface area (TPSA) is 84.9 Å². The first kappa shape index (κ1) is 21.1. The summed E-state index contributed by atoms with van der Waals surface area (Å²) in [5.74, 6) is -0.121. The number of benzene rings is 1. The summed E-state index contributed by atoms with van der Waals surface area (Å²) in [5, 5.41) is 11.7. The van der Waals surface area contributed by atoms with Crippen molar-refractivity contribution < 1.29 is 24.2 Å². The smallest absolute Gasteiger partial charge is 0.303 e. The average molecular weight is 372 g/mol. The molecule has 0 heterocycles. The van der Waals surface area contributed by atoms with Gasteiger partial charge in [-0.3, -0.25) is 9.59 Å². The Balaban J connectivity index is 2.64. The van der Waals surface area contributed by atoms with Crippen LogP contribution in [0.15, 0.2) is 12.1 Å². The largest absolute Gasteiger partial charge is 0.490 e. The Labute approximate surface area is 153 Å². The number of ether oxygens (including phenoxy) is 2. The molecule has 0 radical (unpaired) electrons. The van der Waals surface area contributed by atoms with E-state index in [0.29, 0.717) is 42.7 Å². The SMILES string of the molecule is CCCCOc1c(Cl)cc(CCNC(=O)CCC(=O)O)cc1OCC. The second-order valence-electron chi connectivity index (χ2n) is 5.53. The lowest BCUT2D eigenvalue weighted by atomic mass is 10.1. The molecule has 0 aliphatic carbocycles. The summed E-state index contributed by atoms with van der Waals surface area (Å²) in [5.41, 5.74) is 0.912. The minimum atomic E-state index is -0.984. The zero-order chi connectivity index (χ0) is 18.7. The van der Waals surface area contributed by atoms with Crippen LogP contribution in [0.1, 0.15) is 45.1 Å². The van der Waals surface area contributed by atoms with E-state index in [9.17, 15) is 9.59 Å². The van der Waals surface area contributed by atoms with Gasteiger partial charge < -0.3 is 19.9 Å². The number of unbranched alkanes of at least 4 members (excludes halogenated alkanes) is 1. The first-order chi connectivity index (χ1) is 12.0. The fraction of sp³-hybridized carbons (Fsp3) is 0.556. The second kappa shape index (κ2) is 11.6. The maximum absolute atomic E-state index is 11.5. The Morgan fingerprint density at radius 3 is 2.60 bits per heavy atom. The molecule has 0 unspecified atom stereocenters. The Morgan fingerprint density at radius 2 is 1.96 bits per heavy atom. The van der Waals surface area contributed by atoms with E-state index in [-0.39, 0.29) is 18.7 Å². The van der Waals surface area contributed by atoms with Gasteiger partial charge in [-0.25, -0.2) is 0 Å². The van der Waals surface area contributed by atoms with Crippen molar-refractivity contribution >= 4 is 23.5 Å². The van der Waals surface area contributed by atoms with Crippen LogP contribution in [-0.4, -0.2) is 36.7 Å². The van der Waals surface area contributed by atoms with Crippen LogP contribution in [0.2, 0.25) is 5.02 Å². The average Bonchev–Trinajstić information content (AvgIpc) is 2.55. The predicted molar refractivity (Wildman–Crippen MR) is 96.6 cm³/mol. The van der Waals surface area contributed by atoms with Gasteiger partial charge in [-0.2, -0.15) is 0 Å². The minimum absolute atomic E-state index is 0.0233. The van der Waals surface area contributed by atoms with Gasteiger partial charge in [-0.15, -0.1) is 0 Å². The van der Waals surface area contributed by atoms with Crippen LogP contribution in [-0.2, 0) is 16.0 Å². The highest BCUT2D eigenvalue weighted by Crippen LogP contribution is 2.37. The number of carboxylic acid groups (broad SMARTS) is 1. The molecule has 1 amide bonds. The number of hydrogen-bond donors (Lipinski definition) is 2. The summed E-state index contributed by atoms with van der Waals surface area (Å²) in [6.07, 6.45) is 2.33. The molecule has 0 bridgehead atoms. The molecule has 1 rings (SSSR count). The van der Waals surface area contributed by atoms with Crippen molar-refractivity contribution in [3.05, 3.63) is 22.7 Å². The summed E-state index contributed by atoms with van der Waals surface area (Å²) in [4.78, 5) is 22.0. The normalized spacial score (nSPS) is 10.4. The van der Waals surface area contributed by atoms with Crippen LogP contribution in [0, 0.1) is 0 Å². The van der Waals surface area contributed by atoms with Gasteiger partial charge in [-0.05, 0) is 37.5 Å². The van der Waals surface area contributed by atoms with Crippen molar-refractivity contribution in [2.24, 2.45) is 0 Å². The van der Waals surface area contributed by atoms with Crippen molar-refractivity contribution in [1.29, 1.82) is 0 Å². The van der Waals surface area contributed by atoms with E-state index >= 15 is 0 Å². The van der Waals surface area contributed by atoms with E-state index < -0.39 is 5.97 Å². The van der Waals surface area contributed by atoms with Crippen LogP contribution >= 0.6 is 11.6 Å². The van der Waals surface area contributed by atoms with Gasteiger partial charge in [0.15, 0.2) is 11.5 Å². The summed E-state index contributed by atoms with van der Waals surface area (Å²) in [6.45, 7) is 5.45. The lowest BCUT2D eigenvalue weighted by Gasteiger charge is -2.15. The highest BCUT2D eigenvalue weighted by molar-refractivity contribution is 6.32. The molecule has 0 aliphatic heterocycles. The number of amides is 1. The van der Waals surface area contributed by atoms with Crippen molar-refractivity contribution in [2.45, 2.75) is 46.0 Å². The molecule has 1 aromatic carbocycles. The molecule has 0 saturated carbocycles. The van der Waals surface area contributed by atoms with Gasteiger partial charge in [-0.1, -0.05) is 24.9 Å². The van der Waals surface area contributed by atoms with Crippen molar-refractivity contribution in [1.82, 2.24) is 5.32 Å². The second-order valence-corrected chi connectivity index (χ2v) is 5.94. The van der Waals surface area contributed by atoms with Gasteiger partial charge in [0.1, 0.15) is 0 Å². The van der Waals surface area contributed by atoms with E-state index in [1.54, 1.807) is 6.07 Å². The van der Waals surface area contributed by atoms with E-state index in [1.807, 2.05) is 13.0 Å². The molecular weight excluding hydrogens is 346 g/mol. The quantitative estimate of drug-likeness (QED) is 0.550. The van der Waals surface area contributed by atoms with E-state index in [2.05, 4.69) is 12.2 Å². The fourth-order valence-corrected chi connectivity index (χ4v) is 2.43. The lowest BCUT2D eigenvalue weighted by molar-refractivity contribution is -0.138. The summed E-state index contributed by atoms with van der Waals surface area (Å²) in [6, 6.07) is 3.66.